The van der Waals surface area contributed by atoms with E-state index in [2.05, 4.69) is 65.1 Å². The maximum absolute atomic E-state index is 14.4. The topological polar surface area (TPSA) is 156 Å². The Kier molecular flexibility index (Phi) is 27.0. The molecule has 0 saturated carbocycles. The Balaban J connectivity index is 0.000000128. The van der Waals surface area contributed by atoms with Gasteiger partial charge in [0.1, 0.15) is 0 Å². The standard InChI is InChI=1S/C28H13F6N2O.C28H17F2N2O.2C27H14F3N2O.4Ir/c29-27(30,31)21-10-5-9-18(24(21)28(32,33)34)25-19-12-15-6-1-2-7-16(15)13-20(19)26(36-35-25)23-14-17-8-3-4-11-22(17)37-23;1-28(29,30)23-12-6-5-11-20(23)26-21-14-17-8-2-3-9-18(17)15-22(21)27(32-31-26)25-16-19-10-4-7-13-24(19)33-25;28-27(29,30)22-11-5-4-10-19(22)25-20-13-16-7-1-2-8-17(16)14-21(20)26(32-31-25)24-15-18-9-3-6-12-23(18)33-24;28-27(29,30)20-10-5-9-19(12-20)25-21-13-16-6-1-2-7-17(16)14-22(21)26(32-31-25)24-15-18-8-3-4-11-23(18)33-24;;;;/h1-13H;2-15H,1H3;2*1-14H;;;;/q4*-1;;;;. The van der Waals surface area contributed by atoms with Crippen molar-refractivity contribution in [3.8, 4) is 90.8 Å². The van der Waals surface area contributed by atoms with Gasteiger partial charge in [0.15, 0.2) is 0 Å². The molecule has 16 aromatic carbocycles. The van der Waals surface area contributed by atoms with Gasteiger partial charge >= 0.3 is 24.7 Å². The van der Waals surface area contributed by atoms with Crippen LogP contribution in [-0.4, -0.2) is 40.8 Å². The van der Waals surface area contributed by atoms with Gasteiger partial charge in [-0.1, -0.05) is 261 Å². The smallest absolute Gasteiger partial charge is 0.417 e. The summed E-state index contributed by atoms with van der Waals surface area (Å²) in [6, 6.07) is 107. The molecule has 0 unspecified atom stereocenters. The first-order valence-electron chi connectivity index (χ1n) is 42.1. The van der Waals surface area contributed by atoms with Gasteiger partial charge in [-0.3, -0.25) is 0 Å². The van der Waals surface area contributed by atoms with Gasteiger partial charge in [0, 0.05) is 159 Å². The van der Waals surface area contributed by atoms with Crippen molar-refractivity contribution in [3.63, 3.8) is 0 Å². The van der Waals surface area contributed by atoms with Crippen LogP contribution in [0.4, 0.5) is 61.5 Å². The second-order valence-corrected chi connectivity index (χ2v) is 32.1. The van der Waals surface area contributed by atoms with Crippen molar-refractivity contribution in [3.05, 3.63) is 386 Å². The van der Waals surface area contributed by atoms with E-state index in [9.17, 15) is 61.5 Å². The number of fused-ring (bicyclic) bond motifs is 12. The van der Waals surface area contributed by atoms with Crippen LogP contribution in [0.15, 0.2) is 351 Å². The van der Waals surface area contributed by atoms with E-state index in [1.807, 2.05) is 188 Å². The summed E-state index contributed by atoms with van der Waals surface area (Å²) in [6.07, 6.45) is -19.5. The third kappa shape index (κ3) is 18.9. The van der Waals surface area contributed by atoms with Crippen LogP contribution in [0.1, 0.15) is 34.7 Å². The van der Waals surface area contributed by atoms with Gasteiger partial charge in [-0.15, -0.1) is 70.1 Å². The van der Waals surface area contributed by atoms with Crippen molar-refractivity contribution in [1.29, 1.82) is 0 Å². The number of aromatic nitrogens is 8. The molecule has 0 aliphatic heterocycles. The zero-order valence-corrected chi connectivity index (χ0v) is 81.2. The van der Waals surface area contributed by atoms with Crippen LogP contribution in [0, 0.1) is 24.3 Å². The summed E-state index contributed by atoms with van der Waals surface area (Å²) in [4.78, 5) is 0. The number of halogens is 14. The summed E-state index contributed by atoms with van der Waals surface area (Å²) >= 11 is 0. The average molecular weight is 2590 g/mol. The van der Waals surface area contributed by atoms with Crippen molar-refractivity contribution in [2.45, 2.75) is 37.6 Å². The largest absolute Gasteiger partial charge is 0.518 e. The molecule has 24 aromatic rings. The van der Waals surface area contributed by atoms with Gasteiger partial charge in [0.2, 0.25) is 0 Å². The van der Waals surface area contributed by atoms with Crippen LogP contribution in [-0.2, 0) is 111 Å². The molecule has 0 aliphatic rings. The van der Waals surface area contributed by atoms with Crippen molar-refractivity contribution < 1.29 is 160 Å². The second kappa shape index (κ2) is 38.8. The van der Waals surface area contributed by atoms with E-state index in [4.69, 9.17) is 17.7 Å². The monoisotopic (exact) mass is 2590 g/mol. The van der Waals surface area contributed by atoms with Crippen LogP contribution < -0.4 is 0 Å². The maximum Gasteiger partial charge on any atom is 0.417 e. The maximum atomic E-state index is 14.4. The molecule has 0 aliphatic carbocycles. The van der Waals surface area contributed by atoms with Gasteiger partial charge in [-0.2, -0.15) is 93.5 Å². The summed E-state index contributed by atoms with van der Waals surface area (Å²) in [6.45, 7) is 0.897. The third-order valence-electron chi connectivity index (χ3n) is 23.3. The van der Waals surface area contributed by atoms with Gasteiger partial charge in [-0.25, -0.2) is 8.78 Å². The number of hydrogen-bond donors (Lipinski definition) is 0. The number of hydrogen-bond acceptors (Lipinski definition) is 12. The first kappa shape index (κ1) is 97.3. The Morgan fingerprint density at radius 3 is 0.764 bits per heavy atom. The fourth-order valence-corrected chi connectivity index (χ4v) is 17.1. The predicted octanol–water partition coefficient (Wildman–Crippen LogP) is 31.8. The first-order valence-corrected chi connectivity index (χ1v) is 42.1. The fourth-order valence-electron chi connectivity index (χ4n) is 17.1. The summed E-state index contributed by atoms with van der Waals surface area (Å²) in [5.74, 6) is -1.53. The van der Waals surface area contributed by atoms with Crippen molar-refractivity contribution in [2.24, 2.45) is 0 Å². The van der Waals surface area contributed by atoms with Crippen LogP contribution in [0.2, 0.25) is 0 Å². The molecule has 700 valence electrons. The summed E-state index contributed by atoms with van der Waals surface area (Å²) in [5, 5.41) is 49.4. The minimum atomic E-state index is -5.29. The van der Waals surface area contributed by atoms with Crippen LogP contribution in [0.25, 0.3) is 221 Å². The van der Waals surface area contributed by atoms with Gasteiger partial charge in [-0.05, 0) is 113 Å². The Morgan fingerprint density at radius 1 is 0.214 bits per heavy atom. The molecule has 0 atom stereocenters. The summed E-state index contributed by atoms with van der Waals surface area (Å²) in [7, 11) is 0. The molecule has 0 N–H and O–H groups in total. The first-order chi connectivity index (χ1) is 65.6. The number of para-hydroxylation sites is 4. The predicted molar refractivity (Wildman–Crippen MR) is 496 cm³/mol. The van der Waals surface area contributed by atoms with E-state index in [-0.39, 0.29) is 120 Å². The van der Waals surface area contributed by atoms with E-state index in [1.54, 1.807) is 84.9 Å². The fraction of sp³-hybridized carbons (Fsp3) is 0.0545. The molecule has 8 aromatic heterocycles. The SMILES string of the molecule is CC(F)(F)c1ccccc1-c1nnc(-c2[c-]c3ccccc3o2)c2cc3ccccc3cc12.FC(F)(F)c1cccc(-c2nnc(-c3[c-]c4ccccc4o3)c3cc4ccccc4cc23)c1.FC(F)(F)c1cccc(-c2nnc(-c3[c-]c4ccccc4o3)c3cc4ccccc4cc23)c1C(F)(F)F.FC(F)(F)c1ccccc1-c1nnc(-c2[c-]c3ccccc3o2)c2cc3ccccc3cc12.[Ir].[Ir].[Ir].[Ir]. The zero-order chi connectivity index (χ0) is 93.7. The average Bonchev–Trinajstić information content (AvgIpc) is 0.810. The van der Waals surface area contributed by atoms with E-state index in [0.717, 1.165) is 107 Å². The Morgan fingerprint density at radius 2 is 0.457 bits per heavy atom. The number of benzene rings is 16. The molecule has 0 spiro atoms. The number of rotatable bonds is 9. The molecule has 140 heavy (non-hydrogen) atoms. The molecule has 0 bridgehead atoms. The van der Waals surface area contributed by atoms with Crippen LogP contribution >= 0.6 is 0 Å². The Bertz CT molecular complexity index is 8500. The molecular weight excluding hydrogens is 2530 g/mol. The van der Waals surface area contributed by atoms with Crippen molar-refractivity contribution >= 4 is 130 Å². The minimum Gasteiger partial charge on any atom is -0.518 e. The third-order valence-corrected chi connectivity index (χ3v) is 23.3. The Hall–Kier alpha value is -14.3. The molecule has 12 nitrogen and oxygen atoms in total. The molecule has 4 radical (unpaired) electrons. The Labute approximate surface area is 837 Å². The molecule has 0 saturated heterocycles. The molecule has 0 amide bonds. The van der Waals surface area contributed by atoms with Gasteiger partial charge in [0.05, 0.1) is 90.8 Å². The molecular formula is C110H58F14Ir4N8O4-4. The molecule has 24 rings (SSSR count). The van der Waals surface area contributed by atoms with E-state index < -0.39 is 58.4 Å². The van der Waals surface area contributed by atoms with E-state index in [1.165, 1.54) is 24.3 Å². The molecule has 30 heteroatoms. The van der Waals surface area contributed by atoms with E-state index in [0.29, 0.717) is 118 Å². The van der Waals surface area contributed by atoms with Crippen molar-refractivity contribution in [1.82, 2.24) is 40.8 Å². The second-order valence-electron chi connectivity index (χ2n) is 32.1. The zero-order valence-electron chi connectivity index (χ0n) is 71.6. The quantitative estimate of drug-likeness (QED) is 0.0767. The molecule has 0 fully saturated rings. The normalized spacial score (nSPS) is 11.9. The number of nitrogens with zero attached hydrogens (tertiary/aromatic N) is 8. The van der Waals surface area contributed by atoms with E-state index >= 15 is 0 Å². The van der Waals surface area contributed by atoms with Gasteiger partial charge in [0.25, 0.3) is 5.92 Å². The number of furan rings is 4. The summed E-state index contributed by atoms with van der Waals surface area (Å²) < 4.78 is 217. The van der Waals surface area contributed by atoms with Crippen LogP contribution in [0.5, 0.6) is 0 Å². The molecule has 8 heterocycles. The van der Waals surface area contributed by atoms with Crippen molar-refractivity contribution in [2.75, 3.05) is 0 Å². The summed E-state index contributed by atoms with van der Waals surface area (Å²) in [5.41, 5.74) is -0.365. The minimum absolute atomic E-state index is 0. The van der Waals surface area contributed by atoms with Crippen LogP contribution in [0.3, 0.4) is 0 Å². The number of alkyl halides is 14. The van der Waals surface area contributed by atoms with Gasteiger partial charge < -0.3 is 17.7 Å².